The summed E-state index contributed by atoms with van der Waals surface area (Å²) in [5.74, 6) is 1.68. The molecule has 3 aliphatic rings. The van der Waals surface area contributed by atoms with E-state index in [1.165, 1.54) is 18.4 Å². The monoisotopic (exact) mass is 511 g/mol. The van der Waals surface area contributed by atoms with Gasteiger partial charge >= 0.3 is 0 Å². The van der Waals surface area contributed by atoms with Crippen LogP contribution in [0, 0.1) is 12.8 Å². The second-order valence-corrected chi connectivity index (χ2v) is 11.0. The number of hydrogen-bond donors (Lipinski definition) is 1. The second kappa shape index (κ2) is 9.32. The summed E-state index contributed by atoms with van der Waals surface area (Å²) >= 11 is 0. The molecule has 1 aromatic carbocycles. The van der Waals surface area contributed by atoms with Crippen molar-refractivity contribution < 1.29 is 9.53 Å². The first-order valence-electron chi connectivity index (χ1n) is 13.7. The van der Waals surface area contributed by atoms with Crippen LogP contribution in [0.2, 0.25) is 0 Å². The number of nitrogens with one attached hydrogen (secondary N) is 1. The number of ether oxygens (including phenoxy) is 1. The number of benzene rings is 1. The SMILES string of the molecule is CO[C@@H]1CCN(Cc2cn(-c3ccnc(Nc4ccc5c(c4)c(C(=O)C4CC4)cn5C4CC4)n3)nc2C)C1. The first-order valence-corrected chi connectivity index (χ1v) is 13.7. The number of aryl methyl sites for hydroxylation is 1. The van der Waals surface area contributed by atoms with Gasteiger partial charge in [-0.1, -0.05) is 0 Å². The largest absolute Gasteiger partial charge is 0.380 e. The minimum atomic E-state index is 0.194. The van der Waals surface area contributed by atoms with Gasteiger partial charge in [0.15, 0.2) is 11.6 Å². The van der Waals surface area contributed by atoms with Gasteiger partial charge < -0.3 is 14.6 Å². The van der Waals surface area contributed by atoms with Crippen LogP contribution in [-0.2, 0) is 11.3 Å². The summed E-state index contributed by atoms with van der Waals surface area (Å²) < 4.78 is 9.63. The zero-order valence-corrected chi connectivity index (χ0v) is 21.9. The van der Waals surface area contributed by atoms with Crippen molar-refractivity contribution >= 4 is 28.3 Å². The number of carbonyl (C=O) groups is 1. The number of nitrogens with zero attached hydrogens (tertiary/aromatic N) is 6. The molecule has 2 saturated carbocycles. The van der Waals surface area contributed by atoms with Gasteiger partial charge in [-0.2, -0.15) is 10.1 Å². The van der Waals surface area contributed by atoms with Crippen molar-refractivity contribution in [2.75, 3.05) is 25.5 Å². The molecule has 3 aromatic heterocycles. The zero-order chi connectivity index (χ0) is 25.8. The summed E-state index contributed by atoms with van der Waals surface area (Å²) in [5, 5.41) is 9.10. The van der Waals surface area contributed by atoms with Crippen molar-refractivity contribution in [3.05, 3.63) is 59.7 Å². The van der Waals surface area contributed by atoms with Crippen molar-refractivity contribution in [3.63, 3.8) is 0 Å². The van der Waals surface area contributed by atoms with Crippen molar-refractivity contribution in [1.29, 1.82) is 0 Å². The Morgan fingerprint density at radius 2 is 2.00 bits per heavy atom. The van der Waals surface area contributed by atoms with E-state index in [1.54, 1.807) is 13.3 Å². The third-order valence-electron chi connectivity index (χ3n) is 8.08. The summed E-state index contributed by atoms with van der Waals surface area (Å²) in [6.07, 6.45) is 11.6. The Bertz CT molecular complexity index is 1510. The van der Waals surface area contributed by atoms with Crippen LogP contribution in [0.3, 0.4) is 0 Å². The highest BCUT2D eigenvalue weighted by atomic mass is 16.5. The van der Waals surface area contributed by atoms with Crippen molar-refractivity contribution in [2.24, 2.45) is 5.92 Å². The molecule has 1 aliphatic heterocycles. The van der Waals surface area contributed by atoms with Gasteiger partial charge in [-0.25, -0.2) is 9.67 Å². The topological polar surface area (TPSA) is 90.1 Å². The van der Waals surface area contributed by atoms with E-state index in [-0.39, 0.29) is 11.7 Å². The molecule has 7 rings (SSSR count). The minimum absolute atomic E-state index is 0.194. The van der Waals surface area contributed by atoms with Crippen molar-refractivity contribution in [2.45, 2.75) is 57.7 Å². The number of carbonyl (C=O) groups excluding carboxylic acids is 1. The molecule has 38 heavy (non-hydrogen) atoms. The molecular formula is C29H33N7O2. The minimum Gasteiger partial charge on any atom is -0.380 e. The number of aromatic nitrogens is 5. The molecule has 9 heteroatoms. The van der Waals surface area contributed by atoms with Crippen LogP contribution >= 0.6 is 0 Å². The number of rotatable bonds is 9. The lowest BCUT2D eigenvalue weighted by atomic mass is 10.1. The lowest BCUT2D eigenvalue weighted by Crippen LogP contribution is -2.22. The summed E-state index contributed by atoms with van der Waals surface area (Å²) in [6, 6.07) is 8.61. The molecule has 1 N–H and O–H groups in total. The van der Waals surface area contributed by atoms with E-state index in [0.29, 0.717) is 23.9 Å². The fourth-order valence-electron chi connectivity index (χ4n) is 5.56. The fourth-order valence-corrected chi connectivity index (χ4v) is 5.56. The highest BCUT2D eigenvalue weighted by Crippen LogP contribution is 2.42. The summed E-state index contributed by atoms with van der Waals surface area (Å²) in [5.41, 5.74) is 5.03. The van der Waals surface area contributed by atoms with Gasteiger partial charge in [-0.15, -0.1) is 0 Å². The van der Waals surface area contributed by atoms with Crippen LogP contribution in [0.15, 0.2) is 42.9 Å². The molecule has 2 aliphatic carbocycles. The van der Waals surface area contributed by atoms with E-state index in [2.05, 4.69) is 44.3 Å². The van der Waals surface area contributed by atoms with Crippen LogP contribution in [0.25, 0.3) is 16.7 Å². The van der Waals surface area contributed by atoms with Crippen molar-refractivity contribution in [3.8, 4) is 5.82 Å². The van der Waals surface area contributed by atoms with Gasteiger partial charge in [0.2, 0.25) is 5.95 Å². The number of fused-ring (bicyclic) bond motifs is 1. The van der Waals surface area contributed by atoms with Gasteiger partial charge in [-0.3, -0.25) is 9.69 Å². The Kier molecular flexibility index (Phi) is 5.78. The Labute approximate surface area is 221 Å². The third kappa shape index (κ3) is 4.50. The molecule has 0 radical (unpaired) electrons. The number of anilines is 2. The van der Waals surface area contributed by atoms with E-state index in [9.17, 15) is 4.79 Å². The van der Waals surface area contributed by atoms with Crippen LogP contribution < -0.4 is 5.32 Å². The predicted octanol–water partition coefficient (Wildman–Crippen LogP) is 4.82. The van der Waals surface area contributed by atoms with Crippen LogP contribution in [0.1, 0.15) is 59.8 Å². The van der Waals surface area contributed by atoms with Gasteiger partial charge in [0, 0.05) is 91.1 Å². The number of methoxy groups -OCH3 is 1. The molecule has 4 aromatic rings. The number of hydrogen-bond acceptors (Lipinski definition) is 7. The molecule has 0 amide bonds. The molecule has 1 atom stereocenters. The molecule has 0 unspecified atom stereocenters. The molecule has 1 saturated heterocycles. The summed E-state index contributed by atoms with van der Waals surface area (Å²) in [7, 11) is 1.78. The van der Waals surface area contributed by atoms with Crippen molar-refractivity contribution in [1.82, 2.24) is 29.2 Å². The quantitative estimate of drug-likeness (QED) is 0.322. The van der Waals surface area contributed by atoms with E-state index >= 15 is 0 Å². The Balaban J connectivity index is 1.13. The average Bonchev–Trinajstić information content (AvgIpc) is 3.85. The Morgan fingerprint density at radius 1 is 1.13 bits per heavy atom. The second-order valence-electron chi connectivity index (χ2n) is 11.0. The standard InChI is InChI=1S/C29H33N7O2/c1-18-20(14-34-12-10-23(16-34)38-2)15-36(33-18)27-9-11-30-29(32-27)31-21-5-8-26-24(13-21)25(28(37)19-3-4-19)17-35(26)22-6-7-22/h5,8-9,11,13,15,17,19,22-23H,3-4,6-7,10,12,14,16H2,1-2H3,(H,30,31,32)/t23-/m1/s1. The normalized spacial score (nSPS) is 19.9. The third-order valence-corrected chi connectivity index (χ3v) is 8.08. The van der Waals surface area contributed by atoms with Crippen LogP contribution in [0.4, 0.5) is 11.6 Å². The predicted molar refractivity (Wildman–Crippen MR) is 145 cm³/mol. The fraction of sp³-hybridized carbons (Fsp3) is 0.448. The van der Waals surface area contributed by atoms with Crippen LogP contribution in [-0.4, -0.2) is 61.3 Å². The highest BCUT2D eigenvalue weighted by molar-refractivity contribution is 6.10. The number of ketones is 1. The Hall–Kier alpha value is -3.56. The van der Waals surface area contributed by atoms with E-state index in [0.717, 1.165) is 66.7 Å². The van der Waals surface area contributed by atoms with E-state index in [1.807, 2.05) is 23.7 Å². The average molecular weight is 512 g/mol. The molecule has 196 valence electrons. The summed E-state index contributed by atoms with van der Waals surface area (Å²) in [4.78, 5) is 24.6. The molecule has 0 spiro atoms. The highest BCUT2D eigenvalue weighted by Gasteiger charge is 2.34. The smallest absolute Gasteiger partial charge is 0.229 e. The molecule has 3 fully saturated rings. The molecular weight excluding hydrogens is 478 g/mol. The van der Waals surface area contributed by atoms with Gasteiger partial charge in [0.25, 0.3) is 0 Å². The maximum atomic E-state index is 13.0. The number of likely N-dealkylation sites (tertiary alicyclic amines) is 1. The lowest BCUT2D eigenvalue weighted by Gasteiger charge is -2.14. The van der Waals surface area contributed by atoms with E-state index < -0.39 is 0 Å². The molecule has 4 heterocycles. The Morgan fingerprint density at radius 3 is 2.76 bits per heavy atom. The van der Waals surface area contributed by atoms with Crippen LogP contribution in [0.5, 0.6) is 0 Å². The maximum Gasteiger partial charge on any atom is 0.229 e. The number of Topliss-reactive ketones (excluding diaryl/α,β-unsaturated/α-hetero) is 1. The maximum absolute atomic E-state index is 13.0. The lowest BCUT2D eigenvalue weighted by molar-refractivity contribution is 0.0969. The van der Waals surface area contributed by atoms with Gasteiger partial charge in [-0.05, 0) is 57.2 Å². The van der Waals surface area contributed by atoms with Gasteiger partial charge in [0.05, 0.1) is 11.8 Å². The molecule has 9 nitrogen and oxygen atoms in total. The van der Waals surface area contributed by atoms with E-state index in [4.69, 9.17) is 14.8 Å². The summed E-state index contributed by atoms with van der Waals surface area (Å²) in [6.45, 7) is 4.88. The molecule has 0 bridgehead atoms. The zero-order valence-electron chi connectivity index (χ0n) is 21.9. The first-order chi connectivity index (χ1) is 18.6. The first kappa shape index (κ1) is 23.5. The van der Waals surface area contributed by atoms with Gasteiger partial charge in [0.1, 0.15) is 0 Å².